The number of phenols is 1. The molecule has 0 spiro atoms. The Labute approximate surface area is 237 Å². The Morgan fingerprint density at radius 3 is 2.42 bits per heavy atom. The van der Waals surface area contributed by atoms with Crippen molar-refractivity contribution in [1.82, 2.24) is 15.5 Å². The highest BCUT2D eigenvalue weighted by Gasteiger charge is 2.44. The van der Waals surface area contributed by atoms with Gasteiger partial charge in [0.25, 0.3) is 0 Å². The van der Waals surface area contributed by atoms with Crippen molar-refractivity contribution in [1.29, 1.82) is 0 Å². The molecule has 0 aliphatic heterocycles. The summed E-state index contributed by atoms with van der Waals surface area (Å²) in [6, 6.07) is 12.0. The van der Waals surface area contributed by atoms with Crippen molar-refractivity contribution in [2.45, 2.75) is 89.9 Å². The summed E-state index contributed by atoms with van der Waals surface area (Å²) in [5.41, 5.74) is 1.53. The van der Waals surface area contributed by atoms with Crippen molar-refractivity contribution in [2.24, 2.45) is 0 Å². The molecule has 2 aromatic rings. The molecule has 3 rings (SSSR count). The molecular formula is C32H43N3O5. The maximum absolute atomic E-state index is 14.4. The smallest absolute Gasteiger partial charge is 0.408 e. The predicted molar refractivity (Wildman–Crippen MR) is 157 cm³/mol. The van der Waals surface area contributed by atoms with Gasteiger partial charge in [-0.05, 0) is 74.9 Å². The summed E-state index contributed by atoms with van der Waals surface area (Å²) in [6.07, 6.45) is 5.58. The first-order chi connectivity index (χ1) is 19.0. The summed E-state index contributed by atoms with van der Waals surface area (Å²) in [4.78, 5) is 42.6. The second-order valence-corrected chi connectivity index (χ2v) is 11.3. The second-order valence-electron chi connectivity index (χ2n) is 11.3. The molecule has 0 saturated heterocycles. The molecule has 216 valence electrons. The number of unbranched alkanes of at least 4 members (excludes halogenated alkanes) is 2. The topological polar surface area (TPSA) is 108 Å². The number of alkyl carbamates (subject to hydrolysis) is 1. The molecule has 0 radical (unpaired) electrons. The van der Waals surface area contributed by atoms with Crippen LogP contribution < -0.4 is 10.6 Å². The third-order valence-corrected chi connectivity index (χ3v) is 6.63. The average molecular weight is 550 g/mol. The van der Waals surface area contributed by atoms with Gasteiger partial charge in [-0.3, -0.25) is 9.59 Å². The first kappa shape index (κ1) is 30.7. The summed E-state index contributed by atoms with van der Waals surface area (Å²) in [5, 5.41) is 15.5. The van der Waals surface area contributed by atoms with E-state index >= 15 is 0 Å². The Balaban J connectivity index is 1.99. The molecule has 1 aliphatic carbocycles. The Bertz CT molecular complexity index is 1170. The van der Waals surface area contributed by atoms with Gasteiger partial charge in [0.05, 0.1) is 0 Å². The van der Waals surface area contributed by atoms with E-state index in [9.17, 15) is 19.5 Å². The fourth-order valence-corrected chi connectivity index (χ4v) is 4.55. The quantitative estimate of drug-likeness (QED) is 0.286. The van der Waals surface area contributed by atoms with Gasteiger partial charge in [-0.25, -0.2) is 4.79 Å². The van der Waals surface area contributed by atoms with Gasteiger partial charge in [-0.2, -0.15) is 0 Å². The molecule has 3 amide bonds. The Kier molecular flexibility index (Phi) is 10.8. The molecule has 1 aliphatic rings. The van der Waals surface area contributed by atoms with Crippen LogP contribution in [0.1, 0.15) is 82.5 Å². The van der Waals surface area contributed by atoms with Crippen molar-refractivity contribution in [3.05, 3.63) is 71.8 Å². The van der Waals surface area contributed by atoms with Crippen LogP contribution in [0.15, 0.2) is 55.1 Å². The minimum absolute atomic E-state index is 0.105. The van der Waals surface area contributed by atoms with Crippen LogP contribution in [-0.2, 0) is 20.7 Å². The Morgan fingerprint density at radius 2 is 1.82 bits per heavy atom. The van der Waals surface area contributed by atoms with E-state index in [1.165, 1.54) is 12.1 Å². The molecule has 2 atom stereocenters. The highest BCUT2D eigenvalue weighted by molar-refractivity contribution is 5.93. The number of hydrogen-bond donors (Lipinski definition) is 3. The van der Waals surface area contributed by atoms with Crippen molar-refractivity contribution >= 4 is 24.0 Å². The molecule has 0 heterocycles. The van der Waals surface area contributed by atoms with Crippen molar-refractivity contribution in [3.63, 3.8) is 0 Å². The Hall–Kier alpha value is -3.81. The largest absolute Gasteiger partial charge is 0.508 e. The van der Waals surface area contributed by atoms with Gasteiger partial charge in [0.1, 0.15) is 23.4 Å². The number of rotatable bonds is 13. The number of aromatic hydroxyl groups is 1. The molecular weight excluding hydrogens is 506 g/mol. The molecule has 40 heavy (non-hydrogen) atoms. The lowest BCUT2D eigenvalue weighted by Crippen LogP contribution is -2.54. The second kappa shape index (κ2) is 14.0. The Morgan fingerprint density at radius 1 is 1.12 bits per heavy atom. The SMILES string of the molecule is C=Cc1cccc(C(C(=O)NCCCCC)N(C(=O)C(Cc2ccc(O)cc2)NC(=O)OC(C)(C)C)C2CC2)c1. The van der Waals surface area contributed by atoms with Crippen LogP contribution in [0, 0.1) is 0 Å². The standard InChI is InChI=1S/C32H43N3O5/c1-6-8-9-19-33-29(37)28(24-12-10-11-22(7-2)20-24)35(25-15-16-25)30(38)27(34-31(39)40-32(3,4)5)21-23-13-17-26(36)18-14-23/h7,10-14,17-18,20,25,27-28,36H,2,6,8-9,15-16,19,21H2,1,3-5H3,(H,33,37)(H,34,39). The molecule has 0 aromatic heterocycles. The zero-order chi connectivity index (χ0) is 29.3. The molecule has 8 heteroatoms. The number of amides is 3. The average Bonchev–Trinajstić information content (AvgIpc) is 3.74. The van der Waals surface area contributed by atoms with Gasteiger partial charge in [-0.1, -0.05) is 62.8 Å². The van der Waals surface area contributed by atoms with E-state index in [1.807, 2.05) is 24.3 Å². The number of hydrogen-bond acceptors (Lipinski definition) is 5. The van der Waals surface area contributed by atoms with Crippen LogP contribution in [0.3, 0.4) is 0 Å². The zero-order valence-corrected chi connectivity index (χ0v) is 24.1. The van der Waals surface area contributed by atoms with Gasteiger partial charge in [0.15, 0.2) is 0 Å². The monoisotopic (exact) mass is 549 g/mol. The summed E-state index contributed by atoms with van der Waals surface area (Å²) < 4.78 is 5.48. The number of benzene rings is 2. The number of nitrogens with one attached hydrogen (secondary N) is 2. The van der Waals surface area contributed by atoms with Crippen molar-refractivity contribution < 1.29 is 24.2 Å². The zero-order valence-electron chi connectivity index (χ0n) is 24.1. The van der Waals surface area contributed by atoms with Crippen LogP contribution in [0.5, 0.6) is 5.75 Å². The lowest BCUT2D eigenvalue weighted by Gasteiger charge is -2.35. The van der Waals surface area contributed by atoms with Crippen LogP contribution >= 0.6 is 0 Å². The van der Waals surface area contributed by atoms with E-state index < -0.39 is 23.8 Å². The minimum atomic E-state index is -0.988. The number of ether oxygens (including phenoxy) is 1. The lowest BCUT2D eigenvalue weighted by molar-refractivity contribution is -0.143. The third kappa shape index (κ3) is 9.14. The van der Waals surface area contributed by atoms with E-state index in [2.05, 4.69) is 24.1 Å². The third-order valence-electron chi connectivity index (χ3n) is 6.63. The first-order valence-electron chi connectivity index (χ1n) is 14.1. The van der Waals surface area contributed by atoms with Crippen LogP contribution in [0.25, 0.3) is 6.08 Å². The number of phenolic OH excluding ortho intramolecular Hbond substituents is 1. The fourth-order valence-electron chi connectivity index (χ4n) is 4.55. The summed E-state index contributed by atoms with van der Waals surface area (Å²) in [7, 11) is 0. The predicted octanol–water partition coefficient (Wildman–Crippen LogP) is 5.51. The summed E-state index contributed by atoms with van der Waals surface area (Å²) in [6.45, 7) is 11.7. The number of carbonyl (C=O) groups excluding carboxylic acids is 3. The molecule has 2 aromatic carbocycles. The van der Waals surface area contributed by atoms with Gasteiger partial charge >= 0.3 is 6.09 Å². The van der Waals surface area contributed by atoms with E-state index in [4.69, 9.17) is 4.74 Å². The molecule has 1 saturated carbocycles. The number of nitrogens with zero attached hydrogens (tertiary/aromatic N) is 1. The summed E-state index contributed by atoms with van der Waals surface area (Å²) in [5.74, 6) is -0.509. The van der Waals surface area contributed by atoms with E-state index in [-0.39, 0.29) is 30.0 Å². The van der Waals surface area contributed by atoms with Gasteiger partial charge in [0.2, 0.25) is 11.8 Å². The minimum Gasteiger partial charge on any atom is -0.508 e. The highest BCUT2D eigenvalue weighted by Crippen LogP contribution is 2.36. The maximum atomic E-state index is 14.4. The highest BCUT2D eigenvalue weighted by atomic mass is 16.6. The normalized spacial score (nSPS) is 14.5. The van der Waals surface area contributed by atoms with Crippen LogP contribution in [0.2, 0.25) is 0 Å². The van der Waals surface area contributed by atoms with Crippen LogP contribution in [0.4, 0.5) is 4.79 Å². The van der Waals surface area contributed by atoms with Gasteiger partial charge < -0.3 is 25.4 Å². The molecule has 1 fully saturated rings. The number of carbonyl (C=O) groups is 3. The van der Waals surface area contributed by atoms with E-state index in [0.29, 0.717) is 12.1 Å². The molecule has 2 unspecified atom stereocenters. The lowest BCUT2D eigenvalue weighted by atomic mass is 9.98. The van der Waals surface area contributed by atoms with Crippen molar-refractivity contribution in [2.75, 3.05) is 6.54 Å². The van der Waals surface area contributed by atoms with Gasteiger partial charge in [0, 0.05) is 19.0 Å². The van der Waals surface area contributed by atoms with E-state index in [1.54, 1.807) is 43.9 Å². The first-order valence-corrected chi connectivity index (χ1v) is 14.1. The fraction of sp³-hybridized carbons (Fsp3) is 0.469. The molecule has 8 nitrogen and oxygen atoms in total. The molecule has 0 bridgehead atoms. The van der Waals surface area contributed by atoms with E-state index in [0.717, 1.165) is 43.2 Å². The molecule has 3 N–H and O–H groups in total. The van der Waals surface area contributed by atoms with Crippen LogP contribution in [-0.4, -0.2) is 52.1 Å². The van der Waals surface area contributed by atoms with Crippen molar-refractivity contribution in [3.8, 4) is 5.75 Å². The summed E-state index contributed by atoms with van der Waals surface area (Å²) >= 11 is 0. The maximum Gasteiger partial charge on any atom is 0.408 e. The van der Waals surface area contributed by atoms with Gasteiger partial charge in [-0.15, -0.1) is 0 Å².